The van der Waals surface area contributed by atoms with Gasteiger partial charge in [-0.15, -0.1) is 11.8 Å². The number of benzene rings is 1. The molecule has 2 amide bonds. The molecule has 0 radical (unpaired) electrons. The molecule has 0 spiro atoms. The summed E-state index contributed by atoms with van der Waals surface area (Å²) in [6.07, 6.45) is -0.343. The molecule has 13 heteroatoms. The molecular formula is C23H31N3O7S2Si. The summed E-state index contributed by atoms with van der Waals surface area (Å²) in [5, 5.41) is 10.5. The third kappa shape index (κ3) is 5.79. The van der Waals surface area contributed by atoms with E-state index in [0.29, 0.717) is 9.80 Å². The van der Waals surface area contributed by atoms with E-state index in [1.54, 1.807) is 0 Å². The van der Waals surface area contributed by atoms with Gasteiger partial charge in [0, 0.05) is 12.1 Å². The topological polar surface area (TPSA) is 142 Å². The van der Waals surface area contributed by atoms with Crippen LogP contribution in [0.5, 0.6) is 0 Å². The van der Waals surface area contributed by atoms with E-state index in [-0.39, 0.29) is 46.2 Å². The minimum Gasteiger partial charge on any atom is -0.456 e. The summed E-state index contributed by atoms with van der Waals surface area (Å²) in [5.74, 6) is -1.96. The van der Waals surface area contributed by atoms with Crippen LogP contribution in [0.4, 0.5) is 5.69 Å². The first-order valence-electron chi connectivity index (χ1n) is 11.4. The summed E-state index contributed by atoms with van der Waals surface area (Å²) in [6, 6.07) is 5.65. The lowest BCUT2D eigenvalue weighted by Crippen LogP contribution is -2.62. The van der Waals surface area contributed by atoms with Gasteiger partial charge >= 0.3 is 5.97 Å². The molecule has 2 unspecified atom stereocenters. The number of hydrogen-bond acceptors (Lipinski definition) is 9. The molecule has 196 valence electrons. The molecule has 0 aromatic heterocycles. The van der Waals surface area contributed by atoms with Gasteiger partial charge in [0.1, 0.15) is 12.0 Å². The third-order valence-corrected chi connectivity index (χ3v) is 13.8. The first-order valence-corrected chi connectivity index (χ1v) is 16.1. The van der Waals surface area contributed by atoms with Crippen LogP contribution in [-0.2, 0) is 30.2 Å². The molecule has 3 rings (SSSR count). The summed E-state index contributed by atoms with van der Waals surface area (Å²) in [6.45, 7) is 12.4. The quantitative estimate of drug-likeness (QED) is 0.150. The summed E-state index contributed by atoms with van der Waals surface area (Å²) < 4.78 is 12.4. The molecule has 0 saturated carbocycles. The molecule has 36 heavy (non-hydrogen) atoms. The largest absolute Gasteiger partial charge is 0.456 e. The van der Waals surface area contributed by atoms with E-state index in [4.69, 9.17) is 14.9 Å². The van der Waals surface area contributed by atoms with Crippen LogP contribution in [0, 0.1) is 16.0 Å². The predicted molar refractivity (Wildman–Crippen MR) is 141 cm³/mol. The first-order chi connectivity index (χ1) is 16.6. The normalized spacial score (nSPS) is 20.6. The van der Waals surface area contributed by atoms with Gasteiger partial charge in [-0.2, -0.15) is 0 Å². The Morgan fingerprint density at radius 3 is 2.42 bits per heavy atom. The molecule has 1 fully saturated rings. The number of esters is 1. The van der Waals surface area contributed by atoms with Crippen molar-refractivity contribution in [2.24, 2.45) is 11.7 Å². The lowest BCUT2D eigenvalue weighted by molar-refractivity contribution is -0.384. The van der Waals surface area contributed by atoms with E-state index in [9.17, 15) is 24.5 Å². The van der Waals surface area contributed by atoms with Crippen molar-refractivity contribution in [2.45, 2.75) is 63.9 Å². The van der Waals surface area contributed by atoms with E-state index >= 15 is 0 Å². The van der Waals surface area contributed by atoms with Crippen LogP contribution in [0.15, 0.2) is 34.2 Å². The number of nitrogens with zero attached hydrogens (tertiary/aromatic N) is 2. The van der Waals surface area contributed by atoms with Crippen LogP contribution in [0.1, 0.15) is 33.3 Å². The number of nitro groups is 1. The van der Waals surface area contributed by atoms with Crippen LogP contribution >= 0.6 is 23.5 Å². The van der Waals surface area contributed by atoms with E-state index in [1.807, 2.05) is 6.92 Å². The predicted octanol–water partition coefficient (Wildman–Crippen LogP) is 3.97. The van der Waals surface area contributed by atoms with Crippen molar-refractivity contribution in [1.82, 2.24) is 4.90 Å². The highest BCUT2D eigenvalue weighted by Gasteiger charge is 2.59. The Balaban J connectivity index is 1.75. The zero-order valence-electron chi connectivity index (χ0n) is 21.1. The fraction of sp³-hybridized carbons (Fsp3) is 0.522. The van der Waals surface area contributed by atoms with Crippen molar-refractivity contribution in [1.29, 1.82) is 0 Å². The van der Waals surface area contributed by atoms with E-state index < -0.39 is 31.0 Å². The molecule has 2 aliphatic heterocycles. The number of β-lactam (4-membered cyclic amide) rings is 1. The number of thioether (sulfide) groups is 2. The molecule has 2 aliphatic rings. The number of primary amides is 1. The second-order valence-electron chi connectivity index (χ2n) is 10.2. The molecule has 2 heterocycles. The number of nitro benzene ring substituents is 1. The van der Waals surface area contributed by atoms with Gasteiger partial charge in [-0.25, -0.2) is 4.79 Å². The molecular weight excluding hydrogens is 522 g/mol. The first kappa shape index (κ1) is 28.2. The number of carbonyl (C=O) groups is 3. The van der Waals surface area contributed by atoms with Crippen molar-refractivity contribution in [2.75, 3.05) is 5.75 Å². The fourth-order valence-corrected chi connectivity index (χ4v) is 7.69. The van der Waals surface area contributed by atoms with E-state index in [1.165, 1.54) is 40.9 Å². The van der Waals surface area contributed by atoms with Crippen LogP contribution < -0.4 is 5.73 Å². The second kappa shape index (κ2) is 10.6. The van der Waals surface area contributed by atoms with Crippen molar-refractivity contribution >= 4 is 55.3 Å². The lowest BCUT2D eigenvalue weighted by atomic mass is 9.92. The highest BCUT2D eigenvalue weighted by Crippen LogP contribution is 2.54. The summed E-state index contributed by atoms with van der Waals surface area (Å²) >= 11 is 2.44. The minimum absolute atomic E-state index is 0.0237. The molecule has 0 aliphatic carbocycles. The summed E-state index contributed by atoms with van der Waals surface area (Å²) in [4.78, 5) is 49.4. The van der Waals surface area contributed by atoms with Crippen molar-refractivity contribution < 1.29 is 28.5 Å². The highest BCUT2D eigenvalue weighted by atomic mass is 32.2. The molecule has 3 atom stereocenters. The average molecular weight is 554 g/mol. The Kier molecular flexibility index (Phi) is 8.28. The van der Waals surface area contributed by atoms with Gasteiger partial charge in [-0.05, 0) is 42.8 Å². The van der Waals surface area contributed by atoms with Crippen molar-refractivity contribution in [3.8, 4) is 0 Å². The maximum Gasteiger partial charge on any atom is 0.357 e. The molecule has 1 aromatic carbocycles. The third-order valence-electron chi connectivity index (χ3n) is 6.59. The highest BCUT2D eigenvalue weighted by molar-refractivity contribution is 8.23. The Bertz CT molecular complexity index is 1100. The summed E-state index contributed by atoms with van der Waals surface area (Å²) in [5.41, 5.74) is 5.89. The Morgan fingerprint density at radius 1 is 1.28 bits per heavy atom. The maximum atomic E-state index is 13.2. The molecule has 0 bridgehead atoms. The average Bonchev–Trinajstić information content (AvgIpc) is 3.09. The van der Waals surface area contributed by atoms with E-state index in [0.717, 1.165) is 11.8 Å². The van der Waals surface area contributed by atoms with Gasteiger partial charge in [-0.3, -0.25) is 24.6 Å². The van der Waals surface area contributed by atoms with Gasteiger partial charge in [0.15, 0.2) is 14.0 Å². The fourth-order valence-electron chi connectivity index (χ4n) is 3.61. The lowest BCUT2D eigenvalue weighted by Gasteiger charge is -2.48. The molecule has 2 N–H and O–H groups in total. The SMILES string of the molecule is CC(O[Si](C)(C)C(C)(C)C)C1C(=O)N2C(C(=O)OCc3ccc([N+](=O)[O-])cc3)=C(SCC(N)=O)S[C@H]12. The zero-order chi connectivity index (χ0) is 27.0. The van der Waals surface area contributed by atoms with Crippen LogP contribution in [0.2, 0.25) is 18.1 Å². The van der Waals surface area contributed by atoms with E-state index in [2.05, 4.69) is 33.9 Å². The number of carbonyl (C=O) groups excluding carboxylic acids is 3. The second-order valence-corrected chi connectivity index (χ2v) is 17.3. The Morgan fingerprint density at radius 2 is 1.89 bits per heavy atom. The standard InChI is InChI=1S/C23H31N3O7S2Si/c1-13(33-36(5,6)23(2,3)4)17-19(28)25-18(22(35-20(17)25)34-12-16(24)27)21(29)32-11-14-7-9-15(10-8-14)26(30)31/h7-10,13,17,20H,11-12H2,1-6H3,(H2,24,27)/t13?,17?,20-/m1/s1. The monoisotopic (exact) mass is 553 g/mol. The Hall–Kier alpha value is -2.35. The van der Waals surface area contributed by atoms with Gasteiger partial charge in [-0.1, -0.05) is 32.5 Å². The zero-order valence-corrected chi connectivity index (χ0v) is 23.7. The number of ether oxygens (including phenoxy) is 1. The number of hydrogen-bond donors (Lipinski definition) is 1. The summed E-state index contributed by atoms with van der Waals surface area (Å²) in [7, 11) is -2.13. The van der Waals surface area contributed by atoms with Crippen molar-refractivity contribution in [3.05, 3.63) is 49.9 Å². The van der Waals surface area contributed by atoms with Crippen LogP contribution in [-0.4, -0.2) is 53.2 Å². The molecule has 1 aromatic rings. The number of rotatable bonds is 10. The number of nitrogens with two attached hydrogens (primary N) is 1. The van der Waals surface area contributed by atoms with Gasteiger partial charge in [0.05, 0.1) is 26.9 Å². The number of fused-ring (bicyclic) bond motifs is 1. The molecule has 1 saturated heterocycles. The number of non-ortho nitro benzene ring substituents is 1. The molecule has 10 nitrogen and oxygen atoms in total. The van der Waals surface area contributed by atoms with Gasteiger partial charge < -0.3 is 14.9 Å². The van der Waals surface area contributed by atoms with Crippen LogP contribution in [0.25, 0.3) is 0 Å². The minimum atomic E-state index is -2.13. The Labute approximate surface area is 219 Å². The van der Waals surface area contributed by atoms with Crippen LogP contribution in [0.3, 0.4) is 0 Å². The van der Waals surface area contributed by atoms with Gasteiger partial charge in [0.25, 0.3) is 5.69 Å². The van der Waals surface area contributed by atoms with Gasteiger partial charge in [0.2, 0.25) is 11.8 Å². The number of amides is 2. The smallest absolute Gasteiger partial charge is 0.357 e. The van der Waals surface area contributed by atoms with Crippen molar-refractivity contribution in [3.63, 3.8) is 0 Å². The maximum absolute atomic E-state index is 13.2.